The van der Waals surface area contributed by atoms with Gasteiger partial charge in [0.1, 0.15) is 0 Å². The molecule has 2 N–H and O–H groups in total. The Morgan fingerprint density at radius 2 is 2.21 bits per heavy atom. The molecule has 1 aromatic heterocycles. The van der Waals surface area contributed by atoms with E-state index < -0.39 is 6.10 Å². The highest BCUT2D eigenvalue weighted by molar-refractivity contribution is 7.13. The number of rotatable bonds is 4. The monoisotopic (exact) mass is 295 g/mol. The van der Waals surface area contributed by atoms with Crippen LogP contribution in [0.2, 0.25) is 5.02 Å². The topological polar surface area (TPSA) is 49.3 Å². The molecule has 0 aliphatic heterocycles. The third-order valence-corrected chi connectivity index (χ3v) is 3.89. The summed E-state index contributed by atoms with van der Waals surface area (Å²) >= 11 is 7.28. The molecule has 1 amide bonds. The van der Waals surface area contributed by atoms with Gasteiger partial charge in [0, 0.05) is 16.4 Å². The Kier molecular flexibility index (Phi) is 4.58. The van der Waals surface area contributed by atoms with Crippen molar-refractivity contribution in [1.29, 1.82) is 0 Å². The number of benzene rings is 1. The Balaban J connectivity index is 1.93. The van der Waals surface area contributed by atoms with Crippen LogP contribution in [0.1, 0.15) is 26.2 Å². The van der Waals surface area contributed by atoms with Gasteiger partial charge in [0.25, 0.3) is 5.91 Å². The first-order valence-corrected chi connectivity index (χ1v) is 7.04. The molecule has 1 heterocycles. The lowest BCUT2D eigenvalue weighted by atomic mass is 10.1. The number of amides is 1. The molecule has 0 aliphatic carbocycles. The molecule has 0 unspecified atom stereocenters. The molecule has 0 aliphatic rings. The molecule has 0 fully saturated rings. The van der Waals surface area contributed by atoms with Crippen LogP contribution >= 0.6 is 22.9 Å². The van der Waals surface area contributed by atoms with Crippen LogP contribution in [-0.4, -0.2) is 17.6 Å². The molecule has 1 atom stereocenters. The molecule has 0 bridgehead atoms. The van der Waals surface area contributed by atoms with Crippen molar-refractivity contribution in [3.05, 3.63) is 56.7 Å². The number of hydrogen-bond donors (Lipinski definition) is 2. The molecule has 0 radical (unpaired) electrons. The van der Waals surface area contributed by atoms with Crippen LogP contribution in [0.4, 0.5) is 0 Å². The van der Waals surface area contributed by atoms with Gasteiger partial charge in [-0.15, -0.1) is 11.3 Å². The minimum Gasteiger partial charge on any atom is -0.387 e. The van der Waals surface area contributed by atoms with E-state index in [4.69, 9.17) is 11.6 Å². The van der Waals surface area contributed by atoms with E-state index in [0.717, 1.165) is 4.88 Å². The van der Waals surface area contributed by atoms with E-state index in [2.05, 4.69) is 5.32 Å². The fourth-order valence-corrected chi connectivity index (χ4v) is 2.65. The summed E-state index contributed by atoms with van der Waals surface area (Å²) in [7, 11) is 0. The molecule has 0 spiro atoms. The van der Waals surface area contributed by atoms with Crippen LogP contribution in [0.25, 0.3) is 0 Å². The number of nitrogens with one attached hydrogen (secondary N) is 1. The highest BCUT2D eigenvalue weighted by Gasteiger charge is 2.12. The summed E-state index contributed by atoms with van der Waals surface area (Å²) in [6.45, 7) is 2.11. The van der Waals surface area contributed by atoms with Gasteiger partial charge in [-0.2, -0.15) is 0 Å². The minimum absolute atomic E-state index is 0.163. The summed E-state index contributed by atoms with van der Waals surface area (Å²) in [5.74, 6) is -0.167. The lowest BCUT2D eigenvalue weighted by molar-refractivity contribution is 0.0920. The van der Waals surface area contributed by atoms with Crippen LogP contribution in [0, 0.1) is 6.92 Å². The van der Waals surface area contributed by atoms with E-state index in [1.54, 1.807) is 30.3 Å². The number of thiophene rings is 1. The summed E-state index contributed by atoms with van der Waals surface area (Å²) < 4.78 is 0. The first-order chi connectivity index (χ1) is 9.06. The predicted molar refractivity (Wildman–Crippen MR) is 77.8 cm³/mol. The van der Waals surface area contributed by atoms with E-state index in [0.29, 0.717) is 15.5 Å². The zero-order valence-electron chi connectivity index (χ0n) is 10.4. The Hall–Kier alpha value is -1.36. The zero-order chi connectivity index (χ0) is 13.8. The molecule has 0 saturated heterocycles. The molecule has 3 nitrogen and oxygen atoms in total. The van der Waals surface area contributed by atoms with Gasteiger partial charge in [-0.05, 0) is 36.8 Å². The second-order valence-corrected chi connectivity index (χ2v) is 5.92. The summed E-state index contributed by atoms with van der Waals surface area (Å²) in [4.78, 5) is 13.6. The van der Waals surface area contributed by atoms with Crippen molar-refractivity contribution < 1.29 is 9.90 Å². The number of aliphatic hydroxyl groups excluding tert-OH is 1. The summed E-state index contributed by atoms with van der Waals surface area (Å²) in [5, 5.41) is 13.3. The quantitative estimate of drug-likeness (QED) is 0.910. The van der Waals surface area contributed by atoms with E-state index >= 15 is 0 Å². The fourth-order valence-electron chi connectivity index (χ4n) is 1.66. The zero-order valence-corrected chi connectivity index (χ0v) is 12.0. The Morgan fingerprint density at radius 1 is 1.42 bits per heavy atom. The second kappa shape index (κ2) is 6.19. The molecular weight excluding hydrogens is 282 g/mol. The number of hydrogen-bond acceptors (Lipinski definition) is 3. The van der Waals surface area contributed by atoms with Gasteiger partial charge in [0.05, 0.1) is 11.0 Å². The van der Waals surface area contributed by atoms with E-state index in [-0.39, 0.29) is 12.5 Å². The van der Waals surface area contributed by atoms with Gasteiger partial charge < -0.3 is 10.4 Å². The van der Waals surface area contributed by atoms with Crippen molar-refractivity contribution in [3.8, 4) is 0 Å². The molecular formula is C14H14ClNO2S. The first kappa shape index (κ1) is 14.1. The Labute approximate surface area is 120 Å². The van der Waals surface area contributed by atoms with Crippen LogP contribution in [0.5, 0.6) is 0 Å². The number of carbonyl (C=O) groups is 1. The lowest BCUT2D eigenvalue weighted by Crippen LogP contribution is -2.27. The van der Waals surface area contributed by atoms with Gasteiger partial charge in [0.2, 0.25) is 0 Å². The summed E-state index contributed by atoms with van der Waals surface area (Å²) in [5.41, 5.74) is 0.690. The molecule has 2 rings (SSSR count). The van der Waals surface area contributed by atoms with Crippen molar-refractivity contribution in [2.24, 2.45) is 0 Å². The molecule has 0 saturated carbocycles. The first-order valence-electron chi connectivity index (χ1n) is 5.84. The molecule has 5 heteroatoms. The normalized spacial score (nSPS) is 12.2. The number of halogens is 1. The van der Waals surface area contributed by atoms with Gasteiger partial charge in [0.15, 0.2) is 0 Å². The van der Waals surface area contributed by atoms with E-state index in [1.165, 1.54) is 11.3 Å². The lowest BCUT2D eigenvalue weighted by Gasteiger charge is -2.12. The SMILES string of the molecule is Cc1ccc(C(=O)NC[C@@H](O)c2cccc(Cl)c2)s1. The average Bonchev–Trinajstić information content (AvgIpc) is 2.82. The fraction of sp³-hybridized carbons (Fsp3) is 0.214. The van der Waals surface area contributed by atoms with Gasteiger partial charge in [-0.25, -0.2) is 0 Å². The summed E-state index contributed by atoms with van der Waals surface area (Å²) in [6.07, 6.45) is -0.760. The third-order valence-electron chi connectivity index (χ3n) is 2.65. The Morgan fingerprint density at radius 3 is 2.84 bits per heavy atom. The predicted octanol–water partition coefficient (Wildman–Crippen LogP) is 3.17. The highest BCUT2D eigenvalue weighted by atomic mass is 35.5. The highest BCUT2D eigenvalue weighted by Crippen LogP contribution is 2.18. The van der Waals surface area contributed by atoms with Crippen molar-refractivity contribution in [1.82, 2.24) is 5.32 Å². The van der Waals surface area contributed by atoms with Crippen LogP contribution < -0.4 is 5.32 Å². The third kappa shape index (κ3) is 3.80. The number of aryl methyl sites for hydroxylation is 1. The number of carbonyl (C=O) groups excluding carboxylic acids is 1. The number of aliphatic hydroxyl groups is 1. The Bertz CT molecular complexity index is 582. The maximum absolute atomic E-state index is 11.8. The van der Waals surface area contributed by atoms with Crippen LogP contribution in [-0.2, 0) is 0 Å². The van der Waals surface area contributed by atoms with Crippen LogP contribution in [0.15, 0.2) is 36.4 Å². The van der Waals surface area contributed by atoms with E-state index in [1.807, 2.05) is 13.0 Å². The van der Waals surface area contributed by atoms with Gasteiger partial charge in [-0.3, -0.25) is 4.79 Å². The van der Waals surface area contributed by atoms with Crippen LogP contribution in [0.3, 0.4) is 0 Å². The smallest absolute Gasteiger partial charge is 0.261 e. The maximum Gasteiger partial charge on any atom is 0.261 e. The molecule has 1 aromatic carbocycles. The second-order valence-electron chi connectivity index (χ2n) is 4.19. The average molecular weight is 296 g/mol. The van der Waals surface area contributed by atoms with E-state index in [9.17, 15) is 9.90 Å². The maximum atomic E-state index is 11.8. The largest absolute Gasteiger partial charge is 0.387 e. The summed E-state index contributed by atoms with van der Waals surface area (Å²) in [6, 6.07) is 10.6. The van der Waals surface area contributed by atoms with Gasteiger partial charge >= 0.3 is 0 Å². The van der Waals surface area contributed by atoms with Gasteiger partial charge in [-0.1, -0.05) is 23.7 Å². The van der Waals surface area contributed by atoms with Crippen molar-refractivity contribution in [2.75, 3.05) is 6.54 Å². The van der Waals surface area contributed by atoms with Crippen molar-refractivity contribution in [3.63, 3.8) is 0 Å². The van der Waals surface area contributed by atoms with Crippen molar-refractivity contribution >= 4 is 28.8 Å². The standard InChI is InChI=1S/C14H14ClNO2S/c1-9-5-6-13(19-9)14(18)16-8-12(17)10-3-2-4-11(15)7-10/h2-7,12,17H,8H2,1H3,(H,16,18)/t12-/m1/s1. The molecule has 100 valence electrons. The van der Waals surface area contributed by atoms with Crippen molar-refractivity contribution in [2.45, 2.75) is 13.0 Å². The minimum atomic E-state index is -0.760. The molecule has 2 aromatic rings. The molecule has 19 heavy (non-hydrogen) atoms.